The molecule has 0 aliphatic rings. The average Bonchev–Trinajstić information content (AvgIpc) is 2.74. The van der Waals surface area contributed by atoms with Gasteiger partial charge in [0.1, 0.15) is 0 Å². The van der Waals surface area contributed by atoms with Crippen molar-refractivity contribution in [2.24, 2.45) is 0 Å². The number of halogens is 1. The third-order valence-corrected chi connectivity index (χ3v) is 2.62. The Bertz CT molecular complexity index is 482. The second kappa shape index (κ2) is 4.45. The fourth-order valence-electron chi connectivity index (χ4n) is 1.41. The summed E-state index contributed by atoms with van der Waals surface area (Å²) in [5.41, 5.74) is 8.26. The first kappa shape index (κ1) is 10.8. The van der Waals surface area contributed by atoms with Crippen molar-refractivity contribution < 1.29 is 4.52 Å². The van der Waals surface area contributed by atoms with Gasteiger partial charge in [0.05, 0.1) is 23.5 Å². The summed E-state index contributed by atoms with van der Waals surface area (Å²) >= 11 is 5.95. The second-order valence-corrected chi connectivity index (χ2v) is 3.93. The number of aryl methyl sites for hydroxylation is 1. The summed E-state index contributed by atoms with van der Waals surface area (Å²) in [6, 6.07) is 5.45. The molecular formula is C11H12ClN3O. The highest BCUT2D eigenvalue weighted by molar-refractivity contribution is 6.33. The maximum atomic E-state index is 5.95. The van der Waals surface area contributed by atoms with Crippen molar-refractivity contribution in [3.63, 3.8) is 0 Å². The first-order valence-electron chi connectivity index (χ1n) is 4.86. The average molecular weight is 238 g/mol. The predicted octanol–water partition coefficient (Wildman–Crippen LogP) is 2.83. The summed E-state index contributed by atoms with van der Waals surface area (Å²) in [5.74, 6) is 0.771. The molecule has 0 atom stereocenters. The number of aromatic nitrogens is 1. The fourth-order valence-corrected chi connectivity index (χ4v) is 1.57. The highest BCUT2D eigenvalue weighted by Crippen LogP contribution is 2.26. The van der Waals surface area contributed by atoms with Crippen LogP contribution in [0.2, 0.25) is 5.02 Å². The lowest BCUT2D eigenvalue weighted by molar-refractivity contribution is 0.388. The topological polar surface area (TPSA) is 64.1 Å². The zero-order chi connectivity index (χ0) is 11.5. The molecule has 0 fully saturated rings. The number of nitrogens with one attached hydrogen (secondary N) is 1. The van der Waals surface area contributed by atoms with Crippen molar-refractivity contribution in [1.82, 2.24) is 5.16 Å². The molecule has 0 radical (unpaired) electrons. The van der Waals surface area contributed by atoms with E-state index in [2.05, 4.69) is 10.5 Å². The van der Waals surface area contributed by atoms with Crippen molar-refractivity contribution in [2.75, 3.05) is 11.1 Å². The molecule has 1 aromatic carbocycles. The van der Waals surface area contributed by atoms with Crippen molar-refractivity contribution >= 4 is 23.0 Å². The van der Waals surface area contributed by atoms with Gasteiger partial charge in [0.15, 0.2) is 5.76 Å². The number of benzene rings is 1. The number of nitrogens with two attached hydrogens (primary N) is 1. The quantitative estimate of drug-likeness (QED) is 0.806. The minimum absolute atomic E-state index is 0.547. The summed E-state index contributed by atoms with van der Waals surface area (Å²) in [6.07, 6.45) is 1.61. The van der Waals surface area contributed by atoms with Gasteiger partial charge in [0, 0.05) is 11.8 Å². The number of rotatable bonds is 3. The van der Waals surface area contributed by atoms with Gasteiger partial charge in [-0.15, -0.1) is 0 Å². The molecule has 84 valence electrons. The fraction of sp³-hybridized carbons (Fsp3) is 0.182. The molecule has 1 aromatic heterocycles. The van der Waals surface area contributed by atoms with E-state index in [1.165, 1.54) is 0 Å². The first-order chi connectivity index (χ1) is 7.66. The zero-order valence-corrected chi connectivity index (χ0v) is 9.58. The van der Waals surface area contributed by atoms with E-state index in [1.54, 1.807) is 12.3 Å². The summed E-state index contributed by atoms with van der Waals surface area (Å²) in [7, 11) is 0. The van der Waals surface area contributed by atoms with Crippen LogP contribution in [0.1, 0.15) is 11.3 Å². The maximum Gasteiger partial charge on any atom is 0.155 e. The Labute approximate surface area is 98.4 Å². The maximum absolute atomic E-state index is 5.95. The molecule has 2 rings (SSSR count). The lowest BCUT2D eigenvalue weighted by Crippen LogP contribution is -2.01. The highest BCUT2D eigenvalue weighted by Gasteiger charge is 2.04. The van der Waals surface area contributed by atoms with Crippen LogP contribution in [0.25, 0.3) is 0 Å². The summed E-state index contributed by atoms with van der Waals surface area (Å²) in [6.45, 7) is 2.54. The van der Waals surface area contributed by atoms with Crippen LogP contribution in [-0.4, -0.2) is 5.16 Å². The molecule has 5 heteroatoms. The number of anilines is 2. The summed E-state index contributed by atoms with van der Waals surface area (Å²) in [5, 5.41) is 7.38. The van der Waals surface area contributed by atoms with Crippen LogP contribution in [-0.2, 0) is 6.54 Å². The van der Waals surface area contributed by atoms with Gasteiger partial charge in [-0.2, -0.15) is 0 Å². The van der Waals surface area contributed by atoms with E-state index in [1.807, 2.05) is 19.1 Å². The van der Waals surface area contributed by atoms with Crippen LogP contribution in [0.5, 0.6) is 0 Å². The Morgan fingerprint density at radius 3 is 3.00 bits per heavy atom. The minimum Gasteiger partial charge on any atom is -0.398 e. The number of nitrogen functional groups attached to an aromatic ring is 1. The molecule has 0 aliphatic carbocycles. The molecule has 1 heterocycles. The Morgan fingerprint density at radius 1 is 1.50 bits per heavy atom. The van der Waals surface area contributed by atoms with Crippen LogP contribution in [0, 0.1) is 6.92 Å². The van der Waals surface area contributed by atoms with Gasteiger partial charge in [-0.05, 0) is 24.6 Å². The lowest BCUT2D eigenvalue weighted by Gasteiger charge is -2.09. The Kier molecular flexibility index (Phi) is 3.01. The number of nitrogens with zero attached hydrogens (tertiary/aromatic N) is 1. The molecule has 16 heavy (non-hydrogen) atoms. The molecular weight excluding hydrogens is 226 g/mol. The summed E-state index contributed by atoms with van der Waals surface area (Å²) in [4.78, 5) is 0. The Hall–Kier alpha value is -1.68. The normalized spacial score (nSPS) is 10.4. The molecule has 4 nitrogen and oxygen atoms in total. The van der Waals surface area contributed by atoms with E-state index < -0.39 is 0 Å². The minimum atomic E-state index is 0.547. The van der Waals surface area contributed by atoms with Crippen LogP contribution in [0.4, 0.5) is 11.4 Å². The standard InChI is InChI=1S/C11H12ClN3O/c1-7-4-10(13)9(12)5-11(7)14-6-8-2-3-15-16-8/h2-5,14H,6,13H2,1H3. The van der Waals surface area contributed by atoms with Gasteiger partial charge in [-0.3, -0.25) is 0 Å². The van der Waals surface area contributed by atoms with Gasteiger partial charge in [0.2, 0.25) is 0 Å². The van der Waals surface area contributed by atoms with Gasteiger partial charge < -0.3 is 15.6 Å². The van der Waals surface area contributed by atoms with E-state index in [4.69, 9.17) is 21.9 Å². The molecule has 0 saturated heterocycles. The molecule has 0 amide bonds. The van der Waals surface area contributed by atoms with Crippen LogP contribution in [0.15, 0.2) is 28.9 Å². The van der Waals surface area contributed by atoms with E-state index >= 15 is 0 Å². The van der Waals surface area contributed by atoms with Crippen LogP contribution in [0.3, 0.4) is 0 Å². The first-order valence-corrected chi connectivity index (χ1v) is 5.23. The van der Waals surface area contributed by atoms with E-state index in [0.29, 0.717) is 17.3 Å². The Balaban J connectivity index is 2.12. The predicted molar refractivity (Wildman–Crippen MR) is 64.4 cm³/mol. The SMILES string of the molecule is Cc1cc(N)c(Cl)cc1NCc1ccno1. The molecule has 0 saturated carbocycles. The van der Waals surface area contributed by atoms with E-state index in [0.717, 1.165) is 17.0 Å². The molecule has 0 unspecified atom stereocenters. The van der Waals surface area contributed by atoms with Crippen molar-refractivity contribution in [2.45, 2.75) is 13.5 Å². The van der Waals surface area contributed by atoms with E-state index in [-0.39, 0.29) is 0 Å². The Morgan fingerprint density at radius 2 is 2.31 bits per heavy atom. The van der Waals surface area contributed by atoms with Gasteiger partial charge >= 0.3 is 0 Å². The number of hydrogen-bond donors (Lipinski definition) is 2. The lowest BCUT2D eigenvalue weighted by atomic mass is 10.2. The zero-order valence-electron chi connectivity index (χ0n) is 8.83. The molecule has 0 spiro atoms. The van der Waals surface area contributed by atoms with Crippen molar-refractivity contribution in [3.05, 3.63) is 40.7 Å². The largest absolute Gasteiger partial charge is 0.398 e. The third-order valence-electron chi connectivity index (χ3n) is 2.29. The van der Waals surface area contributed by atoms with E-state index in [9.17, 15) is 0 Å². The van der Waals surface area contributed by atoms with Gasteiger partial charge in [-0.25, -0.2) is 0 Å². The van der Waals surface area contributed by atoms with Crippen molar-refractivity contribution in [1.29, 1.82) is 0 Å². The van der Waals surface area contributed by atoms with Gasteiger partial charge in [-0.1, -0.05) is 16.8 Å². The van der Waals surface area contributed by atoms with Gasteiger partial charge in [0.25, 0.3) is 0 Å². The molecule has 3 N–H and O–H groups in total. The van der Waals surface area contributed by atoms with Crippen LogP contribution >= 0.6 is 11.6 Å². The second-order valence-electron chi connectivity index (χ2n) is 3.52. The highest BCUT2D eigenvalue weighted by atomic mass is 35.5. The smallest absolute Gasteiger partial charge is 0.155 e. The van der Waals surface area contributed by atoms with Crippen LogP contribution < -0.4 is 11.1 Å². The molecule has 2 aromatic rings. The molecule has 0 bridgehead atoms. The van der Waals surface area contributed by atoms with Crippen molar-refractivity contribution in [3.8, 4) is 0 Å². The monoisotopic (exact) mass is 237 g/mol. The number of hydrogen-bond acceptors (Lipinski definition) is 4. The summed E-state index contributed by atoms with van der Waals surface area (Å²) < 4.78 is 4.98. The third kappa shape index (κ3) is 2.28. The molecule has 0 aliphatic heterocycles.